The van der Waals surface area contributed by atoms with Crippen LogP contribution in [0.5, 0.6) is 0 Å². The van der Waals surface area contributed by atoms with Crippen molar-refractivity contribution in [1.29, 1.82) is 0 Å². The molecule has 0 spiro atoms. The van der Waals surface area contributed by atoms with Gasteiger partial charge in [0, 0.05) is 17.4 Å². The van der Waals surface area contributed by atoms with Crippen molar-refractivity contribution in [3.05, 3.63) is 59.9 Å². The Hall–Kier alpha value is -2.48. The molecule has 0 fully saturated rings. The fourth-order valence-corrected chi connectivity index (χ4v) is 2.56. The van der Waals surface area contributed by atoms with E-state index in [0.717, 1.165) is 23.9 Å². The first-order valence-electron chi connectivity index (χ1n) is 7.27. The normalized spacial score (nSPS) is 11.7. The van der Waals surface area contributed by atoms with Gasteiger partial charge >= 0.3 is 0 Å². The van der Waals surface area contributed by atoms with Crippen molar-refractivity contribution in [2.24, 2.45) is 0 Å². The zero-order chi connectivity index (χ0) is 18.4. The number of carbonyl (C=O) groups excluding carboxylic acids is 2. The molecule has 2 N–H and O–H groups in total. The van der Waals surface area contributed by atoms with Gasteiger partial charge in [0.05, 0.1) is 11.0 Å². The Labute approximate surface area is 146 Å². The van der Waals surface area contributed by atoms with Gasteiger partial charge in [0.25, 0.3) is 0 Å². The van der Waals surface area contributed by atoms with Gasteiger partial charge in [-0.05, 0) is 43.3 Å². The molecule has 2 aromatic rings. The van der Waals surface area contributed by atoms with Crippen LogP contribution in [0.2, 0.25) is 0 Å². The highest BCUT2D eigenvalue weighted by atomic mass is 32.2. The maximum Gasteiger partial charge on any atom is 0.237 e. The molecular weight excluding hydrogens is 353 g/mol. The van der Waals surface area contributed by atoms with Gasteiger partial charge in [0.1, 0.15) is 17.5 Å². The van der Waals surface area contributed by atoms with Gasteiger partial charge in [0.15, 0.2) is 0 Å². The lowest BCUT2D eigenvalue weighted by Crippen LogP contribution is -2.25. The number of hydrogen-bond acceptors (Lipinski definition) is 3. The Morgan fingerprint density at radius 2 is 1.52 bits per heavy atom. The summed E-state index contributed by atoms with van der Waals surface area (Å²) in [5.74, 6) is -2.85. The first-order valence-corrected chi connectivity index (χ1v) is 8.32. The molecule has 0 aliphatic heterocycles. The van der Waals surface area contributed by atoms with Gasteiger partial charge in [-0.3, -0.25) is 9.59 Å². The van der Waals surface area contributed by atoms with E-state index in [-0.39, 0.29) is 17.3 Å². The van der Waals surface area contributed by atoms with E-state index in [1.54, 1.807) is 6.92 Å². The van der Waals surface area contributed by atoms with Crippen molar-refractivity contribution in [3.8, 4) is 0 Å². The number of amides is 2. The average molecular weight is 368 g/mol. The number of anilines is 2. The summed E-state index contributed by atoms with van der Waals surface area (Å²) in [7, 11) is 0. The zero-order valence-corrected chi connectivity index (χ0v) is 14.0. The quantitative estimate of drug-likeness (QED) is 0.815. The van der Waals surface area contributed by atoms with Crippen LogP contribution in [0.15, 0.2) is 42.5 Å². The topological polar surface area (TPSA) is 58.2 Å². The van der Waals surface area contributed by atoms with Gasteiger partial charge in [-0.25, -0.2) is 13.2 Å². The average Bonchev–Trinajstić information content (AvgIpc) is 2.53. The molecule has 0 aliphatic rings. The summed E-state index contributed by atoms with van der Waals surface area (Å²) in [5.41, 5.74) is 0.449. The third-order valence-corrected chi connectivity index (χ3v) is 4.23. The van der Waals surface area contributed by atoms with Gasteiger partial charge in [-0.2, -0.15) is 0 Å². The van der Waals surface area contributed by atoms with E-state index in [1.165, 1.54) is 24.3 Å². The lowest BCUT2D eigenvalue weighted by Gasteiger charge is -2.12. The molecule has 0 aromatic heterocycles. The second-order valence-corrected chi connectivity index (χ2v) is 6.48. The largest absolute Gasteiger partial charge is 0.325 e. The molecule has 25 heavy (non-hydrogen) atoms. The molecule has 132 valence electrons. The van der Waals surface area contributed by atoms with Crippen LogP contribution >= 0.6 is 11.8 Å². The maximum absolute atomic E-state index is 13.1. The molecule has 0 heterocycles. The minimum atomic E-state index is -0.797. The highest BCUT2D eigenvalue weighted by Gasteiger charge is 2.16. The Morgan fingerprint density at radius 1 is 0.920 bits per heavy atom. The fraction of sp³-hybridized carbons (Fsp3) is 0.176. The molecule has 0 bridgehead atoms. The summed E-state index contributed by atoms with van der Waals surface area (Å²) in [4.78, 5) is 23.8. The predicted octanol–water partition coefficient (Wildman–Crippen LogP) is 3.80. The van der Waals surface area contributed by atoms with E-state index < -0.39 is 28.6 Å². The molecule has 8 heteroatoms. The SMILES string of the molecule is C[C@@H](SCC(=O)Nc1ccc(F)cc1)C(=O)Nc1cc(F)cc(F)c1. The first-order chi connectivity index (χ1) is 11.8. The minimum absolute atomic E-state index is 0.00529. The van der Waals surface area contributed by atoms with Crippen LogP contribution in [0.25, 0.3) is 0 Å². The Bertz CT molecular complexity index is 749. The number of benzene rings is 2. The fourth-order valence-electron chi connectivity index (χ4n) is 1.88. The van der Waals surface area contributed by atoms with E-state index in [1.807, 2.05) is 0 Å². The molecule has 0 unspecified atom stereocenters. The van der Waals surface area contributed by atoms with Crippen molar-refractivity contribution >= 4 is 35.0 Å². The lowest BCUT2D eigenvalue weighted by atomic mass is 10.3. The summed E-state index contributed by atoms with van der Waals surface area (Å²) in [6.07, 6.45) is 0. The van der Waals surface area contributed by atoms with Crippen molar-refractivity contribution in [1.82, 2.24) is 0 Å². The number of thioether (sulfide) groups is 1. The molecular formula is C17H15F3N2O2S. The molecule has 2 aromatic carbocycles. The van der Waals surface area contributed by atoms with Crippen LogP contribution in [-0.2, 0) is 9.59 Å². The van der Waals surface area contributed by atoms with Gasteiger partial charge < -0.3 is 10.6 Å². The van der Waals surface area contributed by atoms with Gasteiger partial charge in [0.2, 0.25) is 11.8 Å². The van der Waals surface area contributed by atoms with Crippen LogP contribution < -0.4 is 10.6 Å². The van der Waals surface area contributed by atoms with Crippen LogP contribution in [0.3, 0.4) is 0 Å². The number of halogens is 3. The smallest absolute Gasteiger partial charge is 0.237 e. The van der Waals surface area contributed by atoms with Crippen molar-refractivity contribution in [3.63, 3.8) is 0 Å². The Morgan fingerprint density at radius 3 is 2.12 bits per heavy atom. The van der Waals surface area contributed by atoms with E-state index in [9.17, 15) is 22.8 Å². The van der Waals surface area contributed by atoms with Crippen LogP contribution in [0.1, 0.15) is 6.92 Å². The second kappa shape index (κ2) is 8.57. The Kier molecular flexibility index (Phi) is 6.46. The van der Waals surface area contributed by atoms with Gasteiger partial charge in [-0.1, -0.05) is 0 Å². The second-order valence-electron chi connectivity index (χ2n) is 5.16. The molecule has 1 atom stereocenters. The van der Waals surface area contributed by atoms with Crippen LogP contribution in [-0.4, -0.2) is 22.8 Å². The molecule has 0 aliphatic carbocycles. The van der Waals surface area contributed by atoms with E-state index in [0.29, 0.717) is 11.8 Å². The number of hydrogen-bond donors (Lipinski definition) is 2. The number of carbonyl (C=O) groups is 2. The van der Waals surface area contributed by atoms with Crippen LogP contribution in [0.4, 0.5) is 24.5 Å². The molecule has 0 radical (unpaired) electrons. The third-order valence-electron chi connectivity index (χ3n) is 3.09. The molecule has 2 amide bonds. The standard InChI is InChI=1S/C17H15F3N2O2S/c1-10(17(24)22-15-7-12(19)6-13(20)8-15)25-9-16(23)21-14-4-2-11(18)3-5-14/h2-8,10H,9H2,1H3,(H,21,23)(H,22,24)/t10-/m1/s1. The van der Waals surface area contributed by atoms with Crippen molar-refractivity contribution in [2.75, 3.05) is 16.4 Å². The third kappa shape index (κ3) is 6.15. The van der Waals surface area contributed by atoms with Crippen molar-refractivity contribution in [2.45, 2.75) is 12.2 Å². The van der Waals surface area contributed by atoms with Gasteiger partial charge in [-0.15, -0.1) is 11.8 Å². The summed E-state index contributed by atoms with van der Waals surface area (Å²) in [6.45, 7) is 1.57. The summed E-state index contributed by atoms with van der Waals surface area (Å²) >= 11 is 1.06. The van der Waals surface area contributed by atoms with E-state index in [2.05, 4.69) is 10.6 Å². The maximum atomic E-state index is 13.1. The molecule has 4 nitrogen and oxygen atoms in total. The number of nitrogens with one attached hydrogen (secondary N) is 2. The highest BCUT2D eigenvalue weighted by molar-refractivity contribution is 8.01. The molecule has 0 saturated heterocycles. The zero-order valence-electron chi connectivity index (χ0n) is 13.2. The highest BCUT2D eigenvalue weighted by Crippen LogP contribution is 2.17. The summed E-state index contributed by atoms with van der Waals surface area (Å²) in [5, 5.41) is 4.34. The summed E-state index contributed by atoms with van der Waals surface area (Å²) < 4.78 is 39.0. The van der Waals surface area contributed by atoms with E-state index in [4.69, 9.17) is 0 Å². The Balaban J connectivity index is 1.82. The van der Waals surface area contributed by atoms with E-state index >= 15 is 0 Å². The monoisotopic (exact) mass is 368 g/mol. The minimum Gasteiger partial charge on any atom is -0.325 e. The number of rotatable bonds is 6. The molecule has 2 rings (SSSR count). The first kappa shape index (κ1) is 18.9. The predicted molar refractivity (Wildman–Crippen MR) is 91.9 cm³/mol. The molecule has 0 saturated carbocycles. The lowest BCUT2D eigenvalue weighted by molar-refractivity contribution is -0.115. The van der Waals surface area contributed by atoms with Crippen molar-refractivity contribution < 1.29 is 22.8 Å². The van der Waals surface area contributed by atoms with Crippen LogP contribution in [0, 0.1) is 17.5 Å². The summed E-state index contributed by atoms with van der Waals surface area (Å²) in [6, 6.07) is 7.99.